The molecular weight excluding hydrogens is 520 g/mol. The van der Waals surface area contributed by atoms with Crippen molar-refractivity contribution in [3.05, 3.63) is 145 Å². The lowest BCUT2D eigenvalue weighted by Gasteiger charge is -2.24. The van der Waals surface area contributed by atoms with Gasteiger partial charge in [0, 0.05) is 0 Å². The fourth-order valence-corrected chi connectivity index (χ4v) is 6.08. The zero-order valence-corrected chi connectivity index (χ0v) is 22.9. The van der Waals surface area contributed by atoms with Crippen LogP contribution in [0.2, 0.25) is 0 Å². The molecule has 1 aliphatic rings. The maximum absolute atomic E-state index is 13.7. The molecule has 0 saturated heterocycles. The standard InChI is InChI=1S/C33H26N2O4S/c1-21-29(32(37)38-2)30(24-10-4-3-5-11-24)35-31(36)28(40-33(35)34-21)19-22-15-17-26(18-16-22)39-20-25-13-8-12-23-9-6-7-14-27(23)25/h3-19,30H,20H2,1-2H3. The largest absolute Gasteiger partial charge is 0.489 e. The lowest BCUT2D eigenvalue weighted by atomic mass is 9.96. The van der Waals surface area contributed by atoms with E-state index in [2.05, 4.69) is 29.3 Å². The van der Waals surface area contributed by atoms with Gasteiger partial charge in [-0.3, -0.25) is 9.36 Å². The molecule has 2 heterocycles. The van der Waals surface area contributed by atoms with E-state index < -0.39 is 12.0 Å². The van der Waals surface area contributed by atoms with Crippen molar-refractivity contribution >= 4 is 34.2 Å². The molecule has 0 fully saturated rings. The Morgan fingerprint density at radius 1 is 0.950 bits per heavy atom. The molecule has 4 aromatic carbocycles. The van der Waals surface area contributed by atoms with Gasteiger partial charge in [0.2, 0.25) is 0 Å². The van der Waals surface area contributed by atoms with E-state index in [-0.39, 0.29) is 5.56 Å². The quantitative estimate of drug-likeness (QED) is 0.277. The number of benzene rings is 4. The number of carbonyl (C=O) groups excluding carboxylic acids is 1. The van der Waals surface area contributed by atoms with E-state index in [1.165, 1.54) is 29.2 Å². The highest BCUT2D eigenvalue weighted by Gasteiger charge is 2.32. The molecule has 40 heavy (non-hydrogen) atoms. The molecule has 0 spiro atoms. The van der Waals surface area contributed by atoms with Crippen molar-refractivity contribution in [1.82, 2.24) is 4.57 Å². The Labute approximate surface area is 234 Å². The second kappa shape index (κ2) is 10.8. The zero-order valence-electron chi connectivity index (χ0n) is 22.0. The number of carbonyl (C=O) groups is 1. The van der Waals surface area contributed by atoms with Gasteiger partial charge in [0.1, 0.15) is 12.4 Å². The summed E-state index contributed by atoms with van der Waals surface area (Å²) >= 11 is 1.30. The lowest BCUT2D eigenvalue weighted by molar-refractivity contribution is -0.136. The van der Waals surface area contributed by atoms with Crippen molar-refractivity contribution in [3.63, 3.8) is 0 Å². The van der Waals surface area contributed by atoms with Crippen LogP contribution in [0.25, 0.3) is 16.8 Å². The van der Waals surface area contributed by atoms with Crippen LogP contribution >= 0.6 is 11.3 Å². The second-order valence-corrected chi connectivity index (χ2v) is 10.5. The number of methoxy groups -OCH3 is 1. The molecule has 1 aromatic heterocycles. The van der Waals surface area contributed by atoms with Gasteiger partial charge in [-0.15, -0.1) is 0 Å². The summed E-state index contributed by atoms with van der Waals surface area (Å²) in [6.45, 7) is 2.23. The summed E-state index contributed by atoms with van der Waals surface area (Å²) in [5.74, 6) is 0.248. The van der Waals surface area contributed by atoms with Gasteiger partial charge >= 0.3 is 5.97 Å². The van der Waals surface area contributed by atoms with Crippen LogP contribution < -0.4 is 19.6 Å². The Bertz CT molecular complexity index is 1930. The normalized spacial score (nSPS) is 15.1. The van der Waals surface area contributed by atoms with Crippen molar-refractivity contribution in [2.45, 2.75) is 19.6 Å². The van der Waals surface area contributed by atoms with Gasteiger partial charge in [0.05, 0.1) is 29.0 Å². The minimum Gasteiger partial charge on any atom is -0.489 e. The molecule has 6 rings (SSSR count). The topological polar surface area (TPSA) is 69.9 Å². The maximum atomic E-state index is 13.7. The third kappa shape index (κ3) is 4.76. The predicted molar refractivity (Wildman–Crippen MR) is 157 cm³/mol. The summed E-state index contributed by atoms with van der Waals surface area (Å²) in [5, 5.41) is 2.36. The predicted octanol–water partition coefficient (Wildman–Crippen LogP) is 5.14. The van der Waals surface area contributed by atoms with E-state index >= 15 is 0 Å². The zero-order chi connectivity index (χ0) is 27.6. The van der Waals surface area contributed by atoms with Gasteiger partial charge in [0.15, 0.2) is 4.80 Å². The molecule has 6 nitrogen and oxygen atoms in total. The average Bonchev–Trinajstić information content (AvgIpc) is 3.29. The van der Waals surface area contributed by atoms with Crippen LogP contribution in [0.4, 0.5) is 0 Å². The van der Waals surface area contributed by atoms with Crippen molar-refractivity contribution in [2.24, 2.45) is 4.99 Å². The van der Waals surface area contributed by atoms with Crippen LogP contribution in [0.1, 0.15) is 29.7 Å². The van der Waals surface area contributed by atoms with Crippen LogP contribution in [0.3, 0.4) is 0 Å². The van der Waals surface area contributed by atoms with E-state index in [1.807, 2.05) is 78.9 Å². The van der Waals surface area contributed by atoms with Gasteiger partial charge in [0.25, 0.3) is 5.56 Å². The van der Waals surface area contributed by atoms with E-state index in [1.54, 1.807) is 11.5 Å². The van der Waals surface area contributed by atoms with Crippen LogP contribution in [0.5, 0.6) is 5.75 Å². The number of hydrogen-bond donors (Lipinski definition) is 0. The number of fused-ring (bicyclic) bond motifs is 2. The fraction of sp³-hybridized carbons (Fsp3) is 0.121. The molecule has 0 bridgehead atoms. The smallest absolute Gasteiger partial charge is 0.338 e. The molecule has 0 N–H and O–H groups in total. The Kier molecular flexibility index (Phi) is 6.88. The van der Waals surface area contributed by atoms with Crippen LogP contribution in [0, 0.1) is 0 Å². The number of aromatic nitrogens is 1. The first-order chi connectivity index (χ1) is 19.5. The van der Waals surface area contributed by atoms with Crippen molar-refractivity contribution in [2.75, 3.05) is 7.11 Å². The van der Waals surface area contributed by atoms with Gasteiger partial charge in [-0.25, -0.2) is 9.79 Å². The Morgan fingerprint density at radius 2 is 1.68 bits per heavy atom. The molecule has 0 aliphatic carbocycles. The summed E-state index contributed by atoms with van der Waals surface area (Å²) in [5.41, 5.74) is 3.50. The molecule has 7 heteroatoms. The number of nitrogens with zero attached hydrogens (tertiary/aromatic N) is 2. The van der Waals surface area contributed by atoms with Crippen LogP contribution in [0.15, 0.2) is 118 Å². The molecule has 1 unspecified atom stereocenters. The van der Waals surface area contributed by atoms with Crippen LogP contribution in [-0.4, -0.2) is 17.6 Å². The highest BCUT2D eigenvalue weighted by Crippen LogP contribution is 2.30. The number of allylic oxidation sites excluding steroid dienone is 1. The summed E-state index contributed by atoms with van der Waals surface area (Å²) in [7, 11) is 1.34. The van der Waals surface area contributed by atoms with Crippen LogP contribution in [-0.2, 0) is 16.1 Å². The first kappa shape index (κ1) is 25.5. The van der Waals surface area contributed by atoms with Gasteiger partial charge in [-0.2, -0.15) is 0 Å². The first-order valence-electron chi connectivity index (χ1n) is 12.9. The Morgan fingerprint density at radius 3 is 2.45 bits per heavy atom. The Hall–Kier alpha value is -4.75. The number of hydrogen-bond acceptors (Lipinski definition) is 6. The average molecular weight is 547 g/mol. The number of esters is 1. The molecule has 1 aliphatic heterocycles. The Balaban J connectivity index is 1.31. The second-order valence-electron chi connectivity index (χ2n) is 9.48. The summed E-state index contributed by atoms with van der Waals surface area (Å²) < 4.78 is 13.3. The molecule has 0 radical (unpaired) electrons. The van der Waals surface area contributed by atoms with Gasteiger partial charge < -0.3 is 9.47 Å². The molecular formula is C33H26N2O4S. The third-order valence-corrected chi connectivity index (χ3v) is 7.98. The van der Waals surface area contributed by atoms with Gasteiger partial charge in [-0.05, 0) is 52.6 Å². The summed E-state index contributed by atoms with van der Waals surface area (Å²) in [6.07, 6.45) is 1.84. The monoisotopic (exact) mass is 546 g/mol. The summed E-state index contributed by atoms with van der Waals surface area (Å²) in [6, 6.07) is 31.0. The highest BCUT2D eigenvalue weighted by atomic mass is 32.1. The van der Waals surface area contributed by atoms with Crippen molar-refractivity contribution in [1.29, 1.82) is 0 Å². The molecule has 1 atom stereocenters. The number of rotatable bonds is 6. The molecule has 5 aromatic rings. The lowest BCUT2D eigenvalue weighted by Crippen LogP contribution is -2.39. The molecule has 0 amide bonds. The van der Waals surface area contributed by atoms with E-state index in [0.717, 1.165) is 22.4 Å². The maximum Gasteiger partial charge on any atom is 0.338 e. The minimum absolute atomic E-state index is 0.206. The third-order valence-electron chi connectivity index (χ3n) is 6.99. The minimum atomic E-state index is -0.614. The first-order valence-corrected chi connectivity index (χ1v) is 13.7. The van der Waals surface area contributed by atoms with E-state index in [9.17, 15) is 9.59 Å². The van der Waals surface area contributed by atoms with Crippen molar-refractivity contribution < 1.29 is 14.3 Å². The van der Waals surface area contributed by atoms with E-state index in [4.69, 9.17) is 9.47 Å². The highest BCUT2D eigenvalue weighted by molar-refractivity contribution is 7.07. The van der Waals surface area contributed by atoms with E-state index in [0.29, 0.717) is 27.2 Å². The van der Waals surface area contributed by atoms with Crippen molar-refractivity contribution in [3.8, 4) is 5.75 Å². The SMILES string of the molecule is COC(=O)C1=C(C)N=c2sc(=Cc3ccc(OCc4cccc5ccccc45)cc3)c(=O)n2C1c1ccccc1. The number of thiazole rings is 1. The molecule has 198 valence electrons. The molecule has 0 saturated carbocycles. The fourth-order valence-electron chi connectivity index (χ4n) is 5.03. The van der Waals surface area contributed by atoms with Gasteiger partial charge in [-0.1, -0.05) is 96.3 Å². The summed E-state index contributed by atoms with van der Waals surface area (Å²) in [4.78, 5) is 31.6. The number of ether oxygens (including phenoxy) is 2.